The number of carbonyl (C=O) groups excluding carboxylic acids is 1. The number of benzene rings is 2. The Morgan fingerprint density at radius 2 is 1.86 bits per heavy atom. The standard InChI is InChI=1S/C26H30FN3O4.Na/c1-16(2)26-29-24(18-5-4-6-20(13-18)28-3)25(17-7-9-19(27)10-8-17)30(26)12-11-21(31)14-22(32)15-23(33)34;/h4-13,16,21-22,28,31-32H,14-15H2,1-3H3,(H,33,34);/q;+1/p-1/b12-11+;. The average molecular weight is 490 g/mol. The summed E-state index contributed by atoms with van der Waals surface area (Å²) in [6.07, 6.45) is 0.108. The second-order valence-corrected chi connectivity index (χ2v) is 8.40. The van der Waals surface area contributed by atoms with Crippen LogP contribution in [0.15, 0.2) is 54.6 Å². The molecule has 9 heteroatoms. The van der Waals surface area contributed by atoms with Gasteiger partial charge in [-0.05, 0) is 42.5 Å². The molecule has 3 rings (SSSR count). The number of halogens is 1. The van der Waals surface area contributed by atoms with E-state index in [4.69, 9.17) is 4.98 Å². The van der Waals surface area contributed by atoms with Crippen LogP contribution in [-0.2, 0) is 4.79 Å². The van der Waals surface area contributed by atoms with E-state index in [1.165, 1.54) is 18.2 Å². The maximum absolute atomic E-state index is 13.7. The number of nitrogens with one attached hydrogen (secondary N) is 1. The molecule has 3 N–H and O–H groups in total. The van der Waals surface area contributed by atoms with Crippen LogP contribution in [0.3, 0.4) is 0 Å². The molecule has 1 aromatic heterocycles. The molecule has 0 aliphatic carbocycles. The minimum Gasteiger partial charge on any atom is -0.550 e. The number of anilines is 1. The first kappa shape index (κ1) is 28.7. The molecule has 0 saturated carbocycles. The van der Waals surface area contributed by atoms with Crippen LogP contribution in [0, 0.1) is 5.82 Å². The Hall–Kier alpha value is -2.49. The summed E-state index contributed by atoms with van der Waals surface area (Å²) in [6.45, 7) is 3.99. The number of carboxylic acids is 1. The van der Waals surface area contributed by atoms with Crippen molar-refractivity contribution in [1.29, 1.82) is 0 Å². The van der Waals surface area contributed by atoms with E-state index in [0.717, 1.165) is 28.3 Å². The van der Waals surface area contributed by atoms with Crippen molar-refractivity contribution in [2.75, 3.05) is 12.4 Å². The second kappa shape index (κ2) is 13.0. The molecule has 0 saturated heterocycles. The third kappa shape index (κ3) is 7.49. The van der Waals surface area contributed by atoms with Gasteiger partial charge in [-0.25, -0.2) is 9.37 Å². The number of imidazole rings is 1. The molecule has 2 atom stereocenters. The Kier molecular flexibility index (Phi) is 10.7. The van der Waals surface area contributed by atoms with E-state index >= 15 is 0 Å². The Bertz CT molecular complexity index is 1160. The Morgan fingerprint density at radius 3 is 2.46 bits per heavy atom. The molecule has 2 aromatic carbocycles. The smallest absolute Gasteiger partial charge is 0.550 e. The molecule has 2 unspecified atom stereocenters. The number of hydrogen-bond acceptors (Lipinski definition) is 6. The van der Waals surface area contributed by atoms with Gasteiger partial charge in [0.25, 0.3) is 0 Å². The van der Waals surface area contributed by atoms with Gasteiger partial charge in [-0.3, -0.25) is 0 Å². The first-order chi connectivity index (χ1) is 16.2. The van der Waals surface area contributed by atoms with Crippen molar-refractivity contribution in [3.63, 3.8) is 0 Å². The molecule has 0 amide bonds. The first-order valence-corrected chi connectivity index (χ1v) is 11.1. The molecule has 0 fully saturated rings. The Morgan fingerprint density at radius 1 is 1.17 bits per heavy atom. The van der Waals surface area contributed by atoms with E-state index in [1.807, 2.05) is 49.7 Å². The van der Waals surface area contributed by atoms with Crippen molar-refractivity contribution in [2.45, 2.75) is 44.8 Å². The van der Waals surface area contributed by atoms with Gasteiger partial charge in [0.2, 0.25) is 0 Å². The molecule has 35 heavy (non-hydrogen) atoms. The fourth-order valence-corrected chi connectivity index (χ4v) is 3.73. The normalized spacial score (nSPS) is 13.0. The van der Waals surface area contributed by atoms with Crippen LogP contribution >= 0.6 is 0 Å². The number of carboxylic acid groups (broad SMARTS) is 1. The predicted octanol–water partition coefficient (Wildman–Crippen LogP) is 0.248. The number of carbonyl (C=O) groups is 1. The molecule has 3 aromatic rings. The topological polar surface area (TPSA) is 110 Å². The minimum atomic E-state index is -1.38. The molecule has 1 heterocycles. The van der Waals surface area contributed by atoms with Crippen LogP contribution in [0.25, 0.3) is 28.7 Å². The third-order valence-electron chi connectivity index (χ3n) is 5.37. The van der Waals surface area contributed by atoms with E-state index < -0.39 is 24.6 Å². The van der Waals surface area contributed by atoms with Gasteiger partial charge in [-0.1, -0.05) is 26.0 Å². The summed E-state index contributed by atoms with van der Waals surface area (Å²) in [5, 5.41) is 34.0. The molecule has 180 valence electrons. The number of aliphatic hydroxyl groups excluding tert-OH is 2. The van der Waals surface area contributed by atoms with Gasteiger partial charge >= 0.3 is 29.6 Å². The summed E-state index contributed by atoms with van der Waals surface area (Å²) in [7, 11) is 1.83. The summed E-state index contributed by atoms with van der Waals surface area (Å²) in [5.41, 5.74) is 3.93. The zero-order valence-electron chi connectivity index (χ0n) is 20.4. The number of aliphatic hydroxyl groups is 2. The largest absolute Gasteiger partial charge is 1.00 e. The Labute approximate surface area is 226 Å². The molecule has 0 spiro atoms. The zero-order valence-corrected chi connectivity index (χ0v) is 22.4. The van der Waals surface area contributed by atoms with Gasteiger partial charge < -0.3 is 30.0 Å². The van der Waals surface area contributed by atoms with Crippen molar-refractivity contribution in [3.8, 4) is 22.5 Å². The fourth-order valence-electron chi connectivity index (χ4n) is 3.73. The number of aromatic nitrogens is 2. The van der Waals surface area contributed by atoms with E-state index in [0.29, 0.717) is 5.69 Å². The van der Waals surface area contributed by atoms with E-state index in [9.17, 15) is 24.5 Å². The monoisotopic (exact) mass is 489 g/mol. The van der Waals surface area contributed by atoms with Crippen LogP contribution in [-0.4, -0.2) is 45.0 Å². The Balaban J connectivity index is 0.00000432. The quantitative estimate of drug-likeness (QED) is 0.352. The number of aliphatic carboxylic acids is 1. The van der Waals surface area contributed by atoms with Crippen molar-refractivity contribution in [2.24, 2.45) is 0 Å². The van der Waals surface area contributed by atoms with E-state index in [-0.39, 0.29) is 47.7 Å². The number of nitrogens with zero attached hydrogens (tertiary/aromatic N) is 2. The first-order valence-electron chi connectivity index (χ1n) is 11.1. The molecule has 0 aliphatic rings. The van der Waals surface area contributed by atoms with Crippen molar-refractivity contribution < 1.29 is 54.1 Å². The average Bonchev–Trinajstić information content (AvgIpc) is 3.17. The van der Waals surface area contributed by atoms with Gasteiger partial charge in [0.05, 0.1) is 23.6 Å². The van der Waals surface area contributed by atoms with Crippen molar-refractivity contribution in [1.82, 2.24) is 9.55 Å². The van der Waals surface area contributed by atoms with Crippen LogP contribution < -0.4 is 40.0 Å². The summed E-state index contributed by atoms with van der Waals surface area (Å²) < 4.78 is 15.5. The summed E-state index contributed by atoms with van der Waals surface area (Å²) in [6, 6.07) is 13.9. The van der Waals surface area contributed by atoms with Crippen molar-refractivity contribution >= 4 is 17.9 Å². The predicted molar refractivity (Wildman–Crippen MR) is 128 cm³/mol. The molecule has 0 bridgehead atoms. The van der Waals surface area contributed by atoms with Gasteiger partial charge in [0, 0.05) is 54.8 Å². The SMILES string of the molecule is CNc1cccc(-c2nc(C(C)C)n(/C=C/C(O)CC(O)CC(=O)[O-])c2-c2ccc(F)cc2)c1.[Na+]. The van der Waals surface area contributed by atoms with Gasteiger partial charge in [0.15, 0.2) is 0 Å². The fraction of sp³-hybridized carbons (Fsp3) is 0.308. The molecule has 0 aliphatic heterocycles. The number of hydrogen-bond donors (Lipinski definition) is 3. The molecular formula is C26H29FN3NaO4. The van der Waals surface area contributed by atoms with Crippen LogP contribution in [0.1, 0.15) is 38.4 Å². The summed E-state index contributed by atoms with van der Waals surface area (Å²) in [5.74, 6) is -0.994. The number of rotatable bonds is 10. The van der Waals surface area contributed by atoms with E-state index in [1.54, 1.807) is 18.3 Å². The van der Waals surface area contributed by atoms with Crippen molar-refractivity contribution in [3.05, 3.63) is 66.2 Å². The molecule has 0 radical (unpaired) electrons. The van der Waals surface area contributed by atoms with Gasteiger partial charge in [-0.15, -0.1) is 0 Å². The molecular weight excluding hydrogens is 460 g/mol. The summed E-state index contributed by atoms with van der Waals surface area (Å²) in [4.78, 5) is 15.6. The van der Waals surface area contributed by atoms with E-state index in [2.05, 4.69) is 5.32 Å². The van der Waals surface area contributed by atoms with Gasteiger partial charge in [0.1, 0.15) is 11.6 Å². The third-order valence-corrected chi connectivity index (χ3v) is 5.37. The maximum atomic E-state index is 13.7. The zero-order chi connectivity index (χ0) is 24.8. The van der Waals surface area contributed by atoms with Gasteiger partial charge in [-0.2, -0.15) is 0 Å². The second-order valence-electron chi connectivity index (χ2n) is 8.40. The van der Waals surface area contributed by atoms with Crippen LogP contribution in [0.4, 0.5) is 10.1 Å². The maximum Gasteiger partial charge on any atom is 1.00 e. The minimum absolute atomic E-state index is 0. The van der Waals surface area contributed by atoms with Crippen LogP contribution in [0.5, 0.6) is 0 Å². The van der Waals surface area contributed by atoms with Crippen LogP contribution in [0.2, 0.25) is 0 Å². The summed E-state index contributed by atoms with van der Waals surface area (Å²) >= 11 is 0. The molecule has 7 nitrogen and oxygen atoms in total.